The van der Waals surface area contributed by atoms with Gasteiger partial charge in [0, 0.05) is 18.1 Å². The van der Waals surface area contributed by atoms with Gasteiger partial charge in [0.1, 0.15) is 0 Å². The lowest BCUT2D eigenvalue weighted by molar-refractivity contribution is 0.418. The van der Waals surface area contributed by atoms with Crippen LogP contribution >= 0.6 is 0 Å². The van der Waals surface area contributed by atoms with E-state index in [0.717, 1.165) is 37.0 Å². The summed E-state index contributed by atoms with van der Waals surface area (Å²) < 4.78 is 2.21. The quantitative estimate of drug-likeness (QED) is 0.649. The zero-order chi connectivity index (χ0) is 13.9. The van der Waals surface area contributed by atoms with Crippen molar-refractivity contribution in [3.63, 3.8) is 0 Å². The first kappa shape index (κ1) is 13.5. The number of hydrogen-bond acceptors (Lipinski definition) is 2. The molecule has 0 radical (unpaired) electrons. The van der Waals surface area contributed by atoms with Gasteiger partial charge in [0.2, 0.25) is 0 Å². The van der Waals surface area contributed by atoms with E-state index in [2.05, 4.69) is 29.0 Å². The maximum absolute atomic E-state index is 8.98. The SMILES string of the molecule is CC(C)(C#N)CCCCn1ccc2cccc(N)c21. The second-order valence-corrected chi connectivity index (χ2v) is 5.75. The fourth-order valence-corrected chi connectivity index (χ4v) is 2.38. The maximum atomic E-state index is 8.98. The van der Waals surface area contributed by atoms with E-state index in [1.807, 2.05) is 26.0 Å². The minimum atomic E-state index is -0.211. The van der Waals surface area contributed by atoms with Gasteiger partial charge in [-0.3, -0.25) is 0 Å². The van der Waals surface area contributed by atoms with Crippen LogP contribution < -0.4 is 5.73 Å². The molecule has 1 aromatic heterocycles. The zero-order valence-corrected chi connectivity index (χ0v) is 11.7. The molecule has 2 aromatic rings. The van der Waals surface area contributed by atoms with Crippen LogP contribution in [0, 0.1) is 16.7 Å². The highest BCUT2D eigenvalue weighted by molar-refractivity contribution is 5.90. The topological polar surface area (TPSA) is 54.7 Å². The minimum absolute atomic E-state index is 0.211. The Labute approximate surface area is 114 Å². The maximum Gasteiger partial charge on any atom is 0.0713 e. The molecule has 2 N–H and O–H groups in total. The van der Waals surface area contributed by atoms with Crippen molar-refractivity contribution >= 4 is 16.6 Å². The van der Waals surface area contributed by atoms with Crippen LogP contribution in [-0.2, 0) is 6.54 Å². The number of hydrogen-bond donors (Lipinski definition) is 1. The molecule has 19 heavy (non-hydrogen) atoms. The predicted octanol–water partition coefficient (Wildman–Crippen LogP) is 3.94. The van der Waals surface area contributed by atoms with Gasteiger partial charge in [0.25, 0.3) is 0 Å². The number of aryl methyl sites for hydroxylation is 1. The molecule has 0 aliphatic carbocycles. The second-order valence-electron chi connectivity index (χ2n) is 5.75. The predicted molar refractivity (Wildman–Crippen MR) is 79.6 cm³/mol. The number of nitrogens with two attached hydrogens (primary N) is 1. The highest BCUT2D eigenvalue weighted by Gasteiger charge is 2.15. The molecule has 0 amide bonds. The van der Waals surface area contributed by atoms with Gasteiger partial charge in [-0.1, -0.05) is 18.6 Å². The molecule has 0 aliphatic rings. The Balaban J connectivity index is 1.98. The van der Waals surface area contributed by atoms with E-state index in [4.69, 9.17) is 11.0 Å². The summed E-state index contributed by atoms with van der Waals surface area (Å²) in [6, 6.07) is 10.5. The molecule has 0 saturated heterocycles. The molecule has 100 valence electrons. The Hall–Kier alpha value is -1.95. The lowest BCUT2D eigenvalue weighted by Crippen LogP contribution is -2.08. The van der Waals surface area contributed by atoms with Gasteiger partial charge in [0.05, 0.1) is 22.7 Å². The first-order valence-corrected chi connectivity index (χ1v) is 6.78. The average Bonchev–Trinajstić information content (AvgIpc) is 2.79. The van der Waals surface area contributed by atoms with Gasteiger partial charge in [0.15, 0.2) is 0 Å². The van der Waals surface area contributed by atoms with Gasteiger partial charge in [-0.2, -0.15) is 5.26 Å². The number of nitriles is 1. The summed E-state index contributed by atoms with van der Waals surface area (Å²) in [5.74, 6) is 0. The van der Waals surface area contributed by atoms with Crippen molar-refractivity contribution in [3.05, 3.63) is 30.5 Å². The Morgan fingerprint density at radius 3 is 2.79 bits per heavy atom. The van der Waals surface area contributed by atoms with Crippen molar-refractivity contribution in [3.8, 4) is 6.07 Å². The van der Waals surface area contributed by atoms with Crippen molar-refractivity contribution in [2.45, 2.75) is 39.7 Å². The molecule has 1 aromatic carbocycles. The second kappa shape index (κ2) is 5.36. The number of aromatic nitrogens is 1. The highest BCUT2D eigenvalue weighted by atomic mass is 15.0. The normalized spacial score (nSPS) is 11.6. The number of unbranched alkanes of at least 4 members (excludes halogenated alkanes) is 1. The van der Waals surface area contributed by atoms with E-state index in [1.165, 1.54) is 5.39 Å². The molecule has 0 unspecified atom stereocenters. The third kappa shape index (κ3) is 3.08. The van der Waals surface area contributed by atoms with Gasteiger partial charge in [-0.15, -0.1) is 0 Å². The van der Waals surface area contributed by atoms with Crippen LogP contribution in [-0.4, -0.2) is 4.57 Å². The number of benzene rings is 1. The summed E-state index contributed by atoms with van der Waals surface area (Å²) >= 11 is 0. The Morgan fingerprint density at radius 1 is 1.26 bits per heavy atom. The highest BCUT2D eigenvalue weighted by Crippen LogP contribution is 2.24. The largest absolute Gasteiger partial charge is 0.397 e. The molecule has 0 saturated carbocycles. The van der Waals surface area contributed by atoms with Crippen LogP contribution in [0.1, 0.15) is 33.1 Å². The number of nitrogen functional groups attached to an aromatic ring is 1. The lowest BCUT2D eigenvalue weighted by Gasteiger charge is -2.14. The summed E-state index contributed by atoms with van der Waals surface area (Å²) in [6.45, 7) is 4.95. The monoisotopic (exact) mass is 255 g/mol. The van der Waals surface area contributed by atoms with Crippen molar-refractivity contribution in [2.75, 3.05) is 5.73 Å². The average molecular weight is 255 g/mol. The van der Waals surface area contributed by atoms with Gasteiger partial charge < -0.3 is 10.3 Å². The molecule has 0 aliphatic heterocycles. The molecule has 2 rings (SSSR count). The van der Waals surface area contributed by atoms with Crippen LogP contribution in [0.25, 0.3) is 10.9 Å². The molecule has 3 nitrogen and oxygen atoms in total. The summed E-state index contributed by atoms with van der Waals surface area (Å²) in [6.07, 6.45) is 5.17. The van der Waals surface area contributed by atoms with Gasteiger partial charge in [-0.05, 0) is 38.8 Å². The molecule has 3 heteroatoms. The Kier molecular flexibility index (Phi) is 3.80. The number of rotatable bonds is 5. The molecular formula is C16H21N3. The number of nitrogens with zero attached hydrogens (tertiary/aromatic N) is 2. The third-order valence-corrected chi connectivity index (χ3v) is 3.57. The van der Waals surface area contributed by atoms with Crippen LogP contribution in [0.2, 0.25) is 0 Å². The standard InChI is InChI=1S/C16H21N3/c1-16(2,12-17)9-3-4-10-19-11-8-13-6-5-7-14(18)15(13)19/h5-8,11H,3-4,9-10,18H2,1-2H3. The van der Waals surface area contributed by atoms with Crippen molar-refractivity contribution in [1.29, 1.82) is 5.26 Å². The van der Waals surface area contributed by atoms with Crippen molar-refractivity contribution < 1.29 is 0 Å². The first-order chi connectivity index (χ1) is 9.03. The molecule has 0 spiro atoms. The van der Waals surface area contributed by atoms with Crippen molar-refractivity contribution in [1.82, 2.24) is 4.57 Å². The van der Waals surface area contributed by atoms with Gasteiger partial charge in [-0.25, -0.2) is 0 Å². The van der Waals surface area contributed by atoms with E-state index >= 15 is 0 Å². The van der Waals surface area contributed by atoms with Gasteiger partial charge >= 0.3 is 0 Å². The van der Waals surface area contributed by atoms with Crippen LogP contribution in [0.15, 0.2) is 30.5 Å². The minimum Gasteiger partial charge on any atom is -0.397 e. The fourth-order valence-electron chi connectivity index (χ4n) is 2.38. The number of para-hydroxylation sites is 1. The summed E-state index contributed by atoms with van der Waals surface area (Å²) in [7, 11) is 0. The van der Waals surface area contributed by atoms with Crippen LogP contribution in [0.5, 0.6) is 0 Å². The van der Waals surface area contributed by atoms with E-state index in [-0.39, 0.29) is 5.41 Å². The fraction of sp³-hybridized carbons (Fsp3) is 0.438. The van der Waals surface area contributed by atoms with E-state index in [1.54, 1.807) is 0 Å². The molecule has 0 fully saturated rings. The van der Waals surface area contributed by atoms with Crippen molar-refractivity contribution in [2.24, 2.45) is 5.41 Å². The lowest BCUT2D eigenvalue weighted by atomic mass is 9.89. The summed E-state index contributed by atoms with van der Waals surface area (Å²) in [5.41, 5.74) is 7.78. The van der Waals surface area contributed by atoms with E-state index in [9.17, 15) is 0 Å². The molecule has 1 heterocycles. The van der Waals surface area contributed by atoms with E-state index in [0.29, 0.717) is 0 Å². The molecular weight excluding hydrogens is 234 g/mol. The number of fused-ring (bicyclic) bond motifs is 1. The smallest absolute Gasteiger partial charge is 0.0713 e. The first-order valence-electron chi connectivity index (χ1n) is 6.78. The zero-order valence-electron chi connectivity index (χ0n) is 11.7. The number of anilines is 1. The van der Waals surface area contributed by atoms with Crippen LogP contribution in [0.4, 0.5) is 5.69 Å². The van der Waals surface area contributed by atoms with E-state index < -0.39 is 0 Å². The summed E-state index contributed by atoms with van der Waals surface area (Å²) in [4.78, 5) is 0. The van der Waals surface area contributed by atoms with Crippen LogP contribution in [0.3, 0.4) is 0 Å². The third-order valence-electron chi connectivity index (χ3n) is 3.57. The Morgan fingerprint density at radius 2 is 2.05 bits per heavy atom. The molecule has 0 atom stereocenters. The Bertz CT molecular complexity index is 602. The summed E-state index contributed by atoms with van der Waals surface area (Å²) in [5, 5.41) is 10.2. The molecule has 0 bridgehead atoms.